The smallest absolute Gasteiger partial charge is 0.321 e. The monoisotopic (exact) mass is 405 g/mol. The van der Waals surface area contributed by atoms with Gasteiger partial charge in [-0.25, -0.2) is 18.6 Å². The molecule has 0 bridgehead atoms. The molecular formula is C20H25F2N5O2. The van der Waals surface area contributed by atoms with E-state index in [1.165, 1.54) is 10.6 Å². The molecule has 3 aromatic rings. The number of aryl methyl sites for hydroxylation is 2. The molecule has 0 fully saturated rings. The van der Waals surface area contributed by atoms with Crippen molar-refractivity contribution in [1.29, 1.82) is 0 Å². The number of rotatable bonds is 8. The third-order valence-electron chi connectivity index (χ3n) is 5.03. The van der Waals surface area contributed by atoms with Gasteiger partial charge in [-0.3, -0.25) is 14.3 Å². The van der Waals surface area contributed by atoms with Crippen molar-refractivity contribution >= 4 is 11.2 Å². The van der Waals surface area contributed by atoms with Crippen molar-refractivity contribution in [2.75, 3.05) is 0 Å². The fourth-order valence-corrected chi connectivity index (χ4v) is 3.36. The lowest BCUT2D eigenvalue weighted by Crippen LogP contribution is -2.31. The van der Waals surface area contributed by atoms with Crippen molar-refractivity contribution in [3.8, 4) is 0 Å². The predicted molar refractivity (Wildman–Crippen MR) is 107 cm³/mol. The van der Waals surface area contributed by atoms with Gasteiger partial charge in [0.2, 0.25) is 0 Å². The predicted octanol–water partition coefficient (Wildman–Crippen LogP) is 2.84. The second kappa shape index (κ2) is 8.69. The van der Waals surface area contributed by atoms with Crippen molar-refractivity contribution in [3.05, 3.63) is 62.1 Å². The lowest BCUT2D eigenvalue weighted by molar-refractivity contribution is 0.498. The number of aromatic nitrogens is 4. The van der Waals surface area contributed by atoms with E-state index in [4.69, 9.17) is 0 Å². The maximum Gasteiger partial charge on any atom is 0.330 e. The minimum Gasteiger partial charge on any atom is -0.321 e. The first-order valence-electron chi connectivity index (χ1n) is 9.77. The highest BCUT2D eigenvalue weighted by atomic mass is 19.2. The molecule has 0 aliphatic heterocycles. The Balaban J connectivity index is 1.94. The van der Waals surface area contributed by atoms with Crippen molar-refractivity contribution < 1.29 is 8.78 Å². The summed E-state index contributed by atoms with van der Waals surface area (Å²) in [5.74, 6) is -1.19. The molecule has 0 aliphatic rings. The first-order chi connectivity index (χ1) is 13.9. The van der Waals surface area contributed by atoms with Crippen LogP contribution in [0.15, 0.2) is 27.8 Å². The average Bonchev–Trinajstić information content (AvgIpc) is 3.07. The molecule has 0 saturated heterocycles. The number of halogens is 2. The summed E-state index contributed by atoms with van der Waals surface area (Å²) < 4.78 is 29.9. The highest BCUT2D eigenvalue weighted by Gasteiger charge is 2.18. The zero-order chi connectivity index (χ0) is 21.1. The van der Waals surface area contributed by atoms with Gasteiger partial charge in [-0.15, -0.1) is 0 Å². The van der Waals surface area contributed by atoms with Gasteiger partial charge in [0.25, 0.3) is 5.56 Å². The Labute approximate surface area is 166 Å². The lowest BCUT2D eigenvalue weighted by Gasteiger charge is -2.15. The van der Waals surface area contributed by atoms with Gasteiger partial charge in [0, 0.05) is 19.1 Å². The zero-order valence-electron chi connectivity index (χ0n) is 16.8. The summed E-state index contributed by atoms with van der Waals surface area (Å²) >= 11 is 0. The van der Waals surface area contributed by atoms with Gasteiger partial charge in [-0.05, 0) is 38.0 Å². The highest BCUT2D eigenvalue weighted by Crippen LogP contribution is 2.18. The van der Waals surface area contributed by atoms with Crippen molar-refractivity contribution in [2.45, 2.75) is 59.3 Å². The van der Waals surface area contributed by atoms with Crippen LogP contribution in [0.2, 0.25) is 0 Å². The van der Waals surface area contributed by atoms with E-state index in [-0.39, 0.29) is 6.04 Å². The number of fused-ring (bicyclic) bond motifs is 1. The van der Waals surface area contributed by atoms with Gasteiger partial charge < -0.3 is 9.88 Å². The van der Waals surface area contributed by atoms with E-state index < -0.39 is 22.9 Å². The number of H-pyrrole nitrogens is 1. The molecule has 2 N–H and O–H groups in total. The van der Waals surface area contributed by atoms with Crippen LogP contribution in [0.4, 0.5) is 8.78 Å². The third-order valence-corrected chi connectivity index (χ3v) is 5.03. The summed E-state index contributed by atoms with van der Waals surface area (Å²) in [6, 6.07) is 3.50. The molecule has 2 heterocycles. The number of imidazole rings is 1. The summed E-state index contributed by atoms with van der Waals surface area (Å²) in [5, 5.41) is 3.22. The van der Waals surface area contributed by atoms with Crippen LogP contribution in [0, 0.1) is 11.6 Å². The topological polar surface area (TPSA) is 84.7 Å². The van der Waals surface area contributed by atoms with E-state index in [1.54, 1.807) is 4.57 Å². The SMILES string of the molecule is CCCCn1c(=O)[nH]c(=O)c2c1nc(CN[C@H](C)c1ccc(F)c(F)c1)n2CC. The molecule has 0 radical (unpaired) electrons. The van der Waals surface area contributed by atoms with E-state index in [0.717, 1.165) is 25.0 Å². The van der Waals surface area contributed by atoms with Crippen LogP contribution in [0.5, 0.6) is 0 Å². The van der Waals surface area contributed by atoms with Crippen LogP contribution in [0.3, 0.4) is 0 Å². The molecule has 7 nitrogen and oxygen atoms in total. The molecular weight excluding hydrogens is 380 g/mol. The third kappa shape index (κ3) is 4.14. The van der Waals surface area contributed by atoms with Crippen LogP contribution in [0.1, 0.15) is 51.0 Å². The first kappa shape index (κ1) is 20.9. The zero-order valence-corrected chi connectivity index (χ0v) is 16.8. The molecule has 1 aromatic carbocycles. The highest BCUT2D eigenvalue weighted by molar-refractivity contribution is 5.71. The Bertz CT molecular complexity index is 1130. The number of aromatic amines is 1. The fraction of sp³-hybridized carbons (Fsp3) is 0.450. The van der Waals surface area contributed by atoms with Crippen LogP contribution in [-0.2, 0) is 19.6 Å². The minimum atomic E-state index is -0.900. The van der Waals surface area contributed by atoms with Crippen LogP contribution >= 0.6 is 0 Å². The molecule has 3 rings (SSSR count). The Hall–Kier alpha value is -2.81. The first-order valence-corrected chi connectivity index (χ1v) is 9.77. The van der Waals surface area contributed by atoms with Crippen LogP contribution in [0.25, 0.3) is 11.2 Å². The van der Waals surface area contributed by atoms with Crippen molar-refractivity contribution in [1.82, 2.24) is 24.4 Å². The van der Waals surface area contributed by atoms with Gasteiger partial charge >= 0.3 is 5.69 Å². The number of nitrogens with zero attached hydrogens (tertiary/aromatic N) is 3. The Morgan fingerprint density at radius 3 is 2.59 bits per heavy atom. The van der Waals surface area contributed by atoms with Gasteiger partial charge in [0.05, 0.1) is 6.54 Å². The average molecular weight is 405 g/mol. The number of unbranched alkanes of at least 4 members (excludes halogenated alkanes) is 1. The van der Waals surface area contributed by atoms with Gasteiger partial charge in [0.15, 0.2) is 22.8 Å². The van der Waals surface area contributed by atoms with E-state index in [0.29, 0.717) is 42.2 Å². The summed E-state index contributed by atoms with van der Waals surface area (Å²) in [6.45, 7) is 7.02. The van der Waals surface area contributed by atoms with Crippen molar-refractivity contribution in [3.63, 3.8) is 0 Å². The number of nitrogens with one attached hydrogen (secondary N) is 2. The van der Waals surface area contributed by atoms with E-state index >= 15 is 0 Å². The molecule has 2 aromatic heterocycles. The Morgan fingerprint density at radius 1 is 1.17 bits per heavy atom. The van der Waals surface area contributed by atoms with Gasteiger partial charge in [-0.2, -0.15) is 0 Å². The maximum absolute atomic E-state index is 13.5. The van der Waals surface area contributed by atoms with E-state index in [9.17, 15) is 18.4 Å². The second-order valence-corrected chi connectivity index (χ2v) is 6.99. The Kier molecular flexibility index (Phi) is 6.26. The molecule has 9 heteroatoms. The van der Waals surface area contributed by atoms with Gasteiger partial charge in [-0.1, -0.05) is 19.4 Å². The number of hydrogen-bond acceptors (Lipinski definition) is 4. The summed E-state index contributed by atoms with van der Waals surface area (Å²) in [6.07, 6.45) is 1.70. The number of benzene rings is 1. The molecule has 0 aliphatic carbocycles. The van der Waals surface area contributed by atoms with Gasteiger partial charge in [0.1, 0.15) is 5.82 Å². The summed E-state index contributed by atoms with van der Waals surface area (Å²) in [7, 11) is 0. The normalized spacial score (nSPS) is 12.6. The summed E-state index contributed by atoms with van der Waals surface area (Å²) in [4.78, 5) is 31.6. The van der Waals surface area contributed by atoms with Crippen molar-refractivity contribution in [2.24, 2.45) is 0 Å². The lowest BCUT2D eigenvalue weighted by atomic mass is 10.1. The quantitative estimate of drug-likeness (QED) is 0.604. The van der Waals surface area contributed by atoms with E-state index in [2.05, 4.69) is 15.3 Å². The van der Waals surface area contributed by atoms with E-state index in [1.807, 2.05) is 20.8 Å². The molecule has 0 amide bonds. The second-order valence-electron chi connectivity index (χ2n) is 6.99. The number of hydrogen-bond donors (Lipinski definition) is 2. The molecule has 29 heavy (non-hydrogen) atoms. The fourth-order valence-electron chi connectivity index (χ4n) is 3.36. The molecule has 0 saturated carbocycles. The van der Waals surface area contributed by atoms with Crippen LogP contribution < -0.4 is 16.6 Å². The molecule has 156 valence electrons. The maximum atomic E-state index is 13.5. The van der Waals surface area contributed by atoms with Crippen LogP contribution in [-0.4, -0.2) is 19.1 Å². The molecule has 0 spiro atoms. The standard InChI is InChI=1S/C20H25F2N5O2/c1-4-6-9-27-18-17(19(28)25-20(27)29)26(5-2)16(24-18)11-23-12(3)13-7-8-14(21)15(22)10-13/h7-8,10,12,23H,4-6,9,11H2,1-3H3,(H,25,28,29)/t12-/m1/s1. The minimum absolute atomic E-state index is 0.268. The molecule has 0 unspecified atom stereocenters. The molecule has 1 atom stereocenters. The summed E-state index contributed by atoms with van der Waals surface area (Å²) in [5.41, 5.74) is 0.394. The Morgan fingerprint density at radius 2 is 1.93 bits per heavy atom. The largest absolute Gasteiger partial charge is 0.330 e.